The Labute approximate surface area is 150 Å². The number of rotatable bonds is 6. The van der Waals surface area contributed by atoms with Gasteiger partial charge in [-0.2, -0.15) is 4.98 Å². The normalized spacial score (nSPS) is 11.3. The molecular weight excluding hydrogens is 356 g/mol. The Morgan fingerprint density at radius 2 is 1.77 bits per heavy atom. The first-order valence-electron chi connectivity index (χ1n) is 7.72. The summed E-state index contributed by atoms with van der Waals surface area (Å²) in [5.74, 6) is -0.0323. The molecule has 0 aliphatic rings. The topological polar surface area (TPSA) is 99.4 Å². The summed E-state index contributed by atoms with van der Waals surface area (Å²) >= 11 is 0. The summed E-state index contributed by atoms with van der Waals surface area (Å²) in [6.45, 7) is -0.149. The van der Waals surface area contributed by atoms with Gasteiger partial charge in [0.05, 0.1) is 11.3 Å². The fraction of sp³-hybridized carbons (Fsp3) is 0.167. The Morgan fingerprint density at radius 3 is 2.42 bits per heavy atom. The molecule has 0 saturated heterocycles. The van der Waals surface area contributed by atoms with E-state index in [2.05, 4.69) is 10.1 Å². The van der Waals surface area contributed by atoms with Crippen LogP contribution in [0.1, 0.15) is 21.8 Å². The van der Waals surface area contributed by atoms with Crippen LogP contribution in [0.15, 0.2) is 59.1 Å². The zero-order chi connectivity index (χ0) is 18.6. The van der Waals surface area contributed by atoms with Crippen LogP contribution in [0.2, 0.25) is 0 Å². The SMILES string of the molecule is CS(=O)(=O)Cc1ccc(C(=O)OCc2nc(-c3ccccc3)no2)cc1. The number of nitrogens with zero attached hydrogens (tertiary/aromatic N) is 2. The molecule has 0 N–H and O–H groups in total. The maximum atomic E-state index is 12.1. The number of hydrogen-bond donors (Lipinski definition) is 0. The van der Waals surface area contributed by atoms with E-state index in [9.17, 15) is 13.2 Å². The van der Waals surface area contributed by atoms with Crippen LogP contribution in [0.3, 0.4) is 0 Å². The highest BCUT2D eigenvalue weighted by atomic mass is 32.2. The van der Waals surface area contributed by atoms with Gasteiger partial charge in [0.1, 0.15) is 0 Å². The van der Waals surface area contributed by atoms with Crippen molar-refractivity contribution in [1.82, 2.24) is 10.1 Å². The summed E-state index contributed by atoms with van der Waals surface area (Å²) in [4.78, 5) is 16.2. The molecule has 0 bridgehead atoms. The van der Waals surface area contributed by atoms with Crippen molar-refractivity contribution in [2.45, 2.75) is 12.4 Å². The van der Waals surface area contributed by atoms with Crippen LogP contribution in [0.25, 0.3) is 11.4 Å². The summed E-state index contributed by atoms with van der Waals surface area (Å²) < 4.78 is 32.8. The Hall–Kier alpha value is -3.00. The number of ether oxygens (including phenoxy) is 1. The Bertz CT molecular complexity index is 996. The number of esters is 1. The third-order valence-corrected chi connectivity index (χ3v) is 4.30. The van der Waals surface area contributed by atoms with Crippen LogP contribution in [-0.2, 0) is 26.9 Å². The first-order chi connectivity index (χ1) is 12.4. The molecule has 2 aromatic carbocycles. The second-order valence-corrected chi connectivity index (χ2v) is 7.86. The summed E-state index contributed by atoms with van der Waals surface area (Å²) in [6.07, 6.45) is 1.16. The van der Waals surface area contributed by atoms with Gasteiger partial charge in [-0.25, -0.2) is 13.2 Å². The van der Waals surface area contributed by atoms with Gasteiger partial charge in [0.2, 0.25) is 5.82 Å². The van der Waals surface area contributed by atoms with E-state index in [4.69, 9.17) is 9.26 Å². The highest BCUT2D eigenvalue weighted by molar-refractivity contribution is 7.89. The van der Waals surface area contributed by atoms with Gasteiger partial charge in [0, 0.05) is 11.8 Å². The molecule has 8 heteroatoms. The molecule has 1 aromatic heterocycles. The minimum Gasteiger partial charge on any atom is -0.452 e. The average Bonchev–Trinajstić information content (AvgIpc) is 3.09. The largest absolute Gasteiger partial charge is 0.452 e. The maximum absolute atomic E-state index is 12.1. The Morgan fingerprint density at radius 1 is 1.08 bits per heavy atom. The minimum absolute atomic E-state index is 0.0768. The van der Waals surface area contributed by atoms with Crippen LogP contribution >= 0.6 is 0 Å². The van der Waals surface area contributed by atoms with Gasteiger partial charge in [0.15, 0.2) is 16.4 Å². The second kappa shape index (κ2) is 7.49. The molecule has 0 radical (unpaired) electrons. The lowest BCUT2D eigenvalue weighted by Crippen LogP contribution is -2.06. The van der Waals surface area contributed by atoms with Crippen LogP contribution in [-0.4, -0.2) is 30.8 Å². The number of benzene rings is 2. The van der Waals surface area contributed by atoms with Gasteiger partial charge in [-0.3, -0.25) is 0 Å². The summed E-state index contributed by atoms with van der Waals surface area (Å²) in [7, 11) is -3.12. The number of hydrogen-bond acceptors (Lipinski definition) is 7. The molecule has 3 aromatic rings. The third kappa shape index (κ3) is 4.76. The molecule has 26 heavy (non-hydrogen) atoms. The van der Waals surface area contributed by atoms with Gasteiger partial charge < -0.3 is 9.26 Å². The van der Waals surface area contributed by atoms with Gasteiger partial charge >= 0.3 is 5.97 Å². The summed E-state index contributed by atoms with van der Waals surface area (Å²) in [6, 6.07) is 15.5. The molecular formula is C18H16N2O5S. The molecule has 1 heterocycles. The minimum atomic E-state index is -3.12. The fourth-order valence-corrected chi connectivity index (χ4v) is 3.07. The molecule has 0 aliphatic carbocycles. The second-order valence-electron chi connectivity index (χ2n) is 5.72. The van der Waals surface area contributed by atoms with E-state index in [0.29, 0.717) is 17.0 Å². The monoisotopic (exact) mass is 372 g/mol. The molecule has 0 atom stereocenters. The summed E-state index contributed by atoms with van der Waals surface area (Å²) in [5.41, 5.74) is 1.72. The van der Waals surface area contributed by atoms with Crippen molar-refractivity contribution in [2.24, 2.45) is 0 Å². The van der Waals surface area contributed by atoms with Crippen LogP contribution in [0, 0.1) is 0 Å². The average molecular weight is 372 g/mol. The number of carbonyl (C=O) groups excluding carboxylic acids is 1. The Kier molecular flexibility index (Phi) is 5.13. The predicted octanol–water partition coefficient (Wildman–Crippen LogP) is 2.64. The van der Waals surface area contributed by atoms with E-state index in [-0.39, 0.29) is 18.3 Å². The molecule has 0 saturated carbocycles. The third-order valence-electron chi connectivity index (χ3n) is 3.45. The van der Waals surface area contributed by atoms with E-state index in [1.807, 2.05) is 30.3 Å². The smallest absolute Gasteiger partial charge is 0.338 e. The van der Waals surface area contributed by atoms with Gasteiger partial charge in [-0.15, -0.1) is 0 Å². The molecule has 0 amide bonds. The van der Waals surface area contributed by atoms with Crippen molar-refractivity contribution in [3.8, 4) is 11.4 Å². The molecule has 3 rings (SSSR count). The molecule has 134 valence electrons. The first kappa shape index (κ1) is 17.8. The lowest BCUT2D eigenvalue weighted by Gasteiger charge is -2.03. The molecule has 0 fully saturated rings. The maximum Gasteiger partial charge on any atom is 0.338 e. The van der Waals surface area contributed by atoms with E-state index in [1.54, 1.807) is 12.1 Å². The highest BCUT2D eigenvalue weighted by Crippen LogP contribution is 2.15. The lowest BCUT2D eigenvalue weighted by molar-refractivity contribution is 0.0430. The van der Waals surface area contributed by atoms with E-state index >= 15 is 0 Å². The highest BCUT2D eigenvalue weighted by Gasteiger charge is 2.13. The zero-order valence-corrected chi connectivity index (χ0v) is 14.8. The van der Waals surface area contributed by atoms with Gasteiger partial charge in [0.25, 0.3) is 5.89 Å². The number of sulfone groups is 1. The fourth-order valence-electron chi connectivity index (χ4n) is 2.27. The molecule has 0 aliphatic heterocycles. The number of aromatic nitrogens is 2. The van der Waals surface area contributed by atoms with Crippen molar-refractivity contribution < 1.29 is 22.5 Å². The van der Waals surface area contributed by atoms with Crippen molar-refractivity contribution in [1.29, 1.82) is 0 Å². The lowest BCUT2D eigenvalue weighted by atomic mass is 10.1. The van der Waals surface area contributed by atoms with Crippen molar-refractivity contribution in [3.05, 3.63) is 71.6 Å². The first-order valence-corrected chi connectivity index (χ1v) is 9.78. The van der Waals surface area contributed by atoms with Crippen molar-refractivity contribution >= 4 is 15.8 Å². The van der Waals surface area contributed by atoms with E-state index in [0.717, 1.165) is 11.8 Å². The van der Waals surface area contributed by atoms with Crippen LogP contribution < -0.4 is 0 Å². The van der Waals surface area contributed by atoms with Crippen LogP contribution in [0.4, 0.5) is 0 Å². The standard InChI is InChI=1S/C18H16N2O5S/c1-26(22,23)12-13-7-9-15(10-8-13)18(21)24-11-16-19-17(20-25-16)14-5-3-2-4-6-14/h2-10H,11-12H2,1H3. The van der Waals surface area contributed by atoms with Crippen molar-refractivity contribution in [3.63, 3.8) is 0 Å². The van der Waals surface area contributed by atoms with Crippen LogP contribution in [0.5, 0.6) is 0 Å². The summed E-state index contributed by atoms with van der Waals surface area (Å²) in [5, 5.41) is 3.85. The van der Waals surface area contributed by atoms with Crippen molar-refractivity contribution in [2.75, 3.05) is 6.26 Å². The quantitative estimate of drug-likeness (QED) is 0.613. The zero-order valence-electron chi connectivity index (χ0n) is 14.0. The molecule has 0 spiro atoms. The van der Waals surface area contributed by atoms with Gasteiger partial charge in [-0.05, 0) is 17.7 Å². The van der Waals surface area contributed by atoms with E-state index in [1.165, 1.54) is 12.1 Å². The molecule has 0 unspecified atom stereocenters. The van der Waals surface area contributed by atoms with E-state index < -0.39 is 15.8 Å². The predicted molar refractivity (Wildman–Crippen MR) is 93.8 cm³/mol. The van der Waals surface area contributed by atoms with Gasteiger partial charge in [-0.1, -0.05) is 47.6 Å². The number of carbonyl (C=O) groups is 1. The Balaban J connectivity index is 1.60. The molecule has 7 nitrogen and oxygen atoms in total.